The molecule has 0 radical (unpaired) electrons. The van der Waals surface area contributed by atoms with E-state index in [2.05, 4.69) is 15.3 Å². The minimum atomic E-state index is -1.35. The molecule has 1 aromatic heterocycles. The number of benzene rings is 2. The summed E-state index contributed by atoms with van der Waals surface area (Å²) < 4.78 is 15.4. The van der Waals surface area contributed by atoms with E-state index in [1.165, 1.54) is 6.20 Å². The van der Waals surface area contributed by atoms with Crippen LogP contribution in [0.2, 0.25) is 0 Å². The van der Waals surface area contributed by atoms with Crippen molar-refractivity contribution in [2.45, 2.75) is 12.5 Å². The van der Waals surface area contributed by atoms with Crippen LogP contribution in [0.1, 0.15) is 5.69 Å². The van der Waals surface area contributed by atoms with Crippen molar-refractivity contribution in [1.82, 2.24) is 10.3 Å². The highest BCUT2D eigenvalue weighted by Crippen LogP contribution is 2.39. The molecule has 2 aliphatic heterocycles. The van der Waals surface area contributed by atoms with Crippen LogP contribution in [0.4, 0.5) is 15.8 Å². The number of nitrogens with zero attached hydrogens (tertiary/aromatic N) is 2. The number of fused-ring (bicyclic) bond motifs is 3. The molecule has 1 aliphatic carbocycles. The van der Waals surface area contributed by atoms with Crippen molar-refractivity contribution in [3.8, 4) is 0 Å². The molecule has 0 saturated carbocycles. The van der Waals surface area contributed by atoms with Gasteiger partial charge in [0.05, 0.1) is 0 Å². The van der Waals surface area contributed by atoms with Gasteiger partial charge in [-0.25, -0.2) is 14.2 Å². The lowest BCUT2D eigenvalue weighted by Gasteiger charge is -2.38. The van der Waals surface area contributed by atoms with Crippen molar-refractivity contribution in [1.29, 1.82) is 0 Å². The zero-order chi connectivity index (χ0) is 24.1. The van der Waals surface area contributed by atoms with Crippen LogP contribution in [0.5, 0.6) is 0 Å². The van der Waals surface area contributed by atoms with Gasteiger partial charge in [-0.2, -0.15) is 0 Å². The van der Waals surface area contributed by atoms with Gasteiger partial charge in [-0.3, -0.25) is 9.78 Å². The number of halogens is 1. The predicted molar refractivity (Wildman–Crippen MR) is 129 cm³/mol. The number of carbonyl (C=O) groups is 2. The number of rotatable bonds is 5. The maximum Gasteiger partial charge on any atom is 0.341 e. The minimum Gasteiger partial charge on any atom is -0.477 e. The Kier molecular flexibility index (Phi) is 4.81. The minimum absolute atomic E-state index is 0.0824. The molecule has 3 heterocycles. The summed E-state index contributed by atoms with van der Waals surface area (Å²) in [6.45, 7) is 0.426. The van der Waals surface area contributed by atoms with Gasteiger partial charge in [0.2, 0.25) is 17.2 Å². The van der Waals surface area contributed by atoms with Gasteiger partial charge in [-0.05, 0) is 35.0 Å². The summed E-state index contributed by atoms with van der Waals surface area (Å²) in [6, 6.07) is 16.6. The van der Waals surface area contributed by atoms with E-state index < -0.39 is 29.2 Å². The number of carbonyl (C=O) groups excluding carboxylic acids is 1. The van der Waals surface area contributed by atoms with Crippen LogP contribution in [-0.2, 0) is 16.0 Å². The molecule has 0 amide bonds. The molecule has 7 nitrogen and oxygen atoms in total. The number of ketones is 1. The highest BCUT2D eigenvalue weighted by Gasteiger charge is 2.49. The third kappa shape index (κ3) is 3.42. The number of pyridine rings is 1. The predicted octanol–water partition coefficient (Wildman–Crippen LogP) is 2.08. The fourth-order valence-electron chi connectivity index (χ4n) is 4.84. The molecule has 0 bridgehead atoms. The summed E-state index contributed by atoms with van der Waals surface area (Å²) in [7, 11) is 0. The van der Waals surface area contributed by atoms with Gasteiger partial charge >= 0.3 is 5.97 Å². The van der Waals surface area contributed by atoms with Crippen LogP contribution in [0.15, 0.2) is 95.7 Å². The number of nitrogens with one attached hydrogen (secondary N) is 2. The van der Waals surface area contributed by atoms with Crippen molar-refractivity contribution < 1.29 is 24.1 Å². The Hall–Kier alpha value is -4.59. The van der Waals surface area contributed by atoms with Gasteiger partial charge in [-0.15, -0.1) is 0 Å². The van der Waals surface area contributed by atoms with Gasteiger partial charge < -0.3 is 15.3 Å². The lowest BCUT2D eigenvalue weighted by Crippen LogP contribution is -2.76. The molecule has 1 unspecified atom stereocenters. The Morgan fingerprint density at radius 3 is 2.66 bits per heavy atom. The second-order valence-corrected chi connectivity index (χ2v) is 8.56. The van der Waals surface area contributed by atoms with Crippen molar-refractivity contribution in [2.24, 2.45) is 0 Å². The number of carboxylic acid groups (broad SMARTS) is 1. The Morgan fingerprint density at radius 1 is 1.14 bits per heavy atom. The van der Waals surface area contributed by atoms with Gasteiger partial charge in [0.15, 0.2) is 5.83 Å². The smallest absolute Gasteiger partial charge is 0.341 e. The largest absolute Gasteiger partial charge is 0.477 e. The second kappa shape index (κ2) is 8.02. The monoisotopic (exact) mass is 467 g/mol. The molecule has 6 rings (SSSR count). The quantitative estimate of drug-likeness (QED) is 0.498. The molecular weight excluding hydrogens is 447 g/mol. The first-order valence-corrected chi connectivity index (χ1v) is 11.2. The van der Waals surface area contributed by atoms with E-state index in [0.29, 0.717) is 30.1 Å². The molecule has 1 atom stereocenters. The van der Waals surface area contributed by atoms with Gasteiger partial charge in [0.25, 0.3) is 0 Å². The SMILES string of the molecule is O=C(O)C1=CN2c3cc4ccccc4cc3[NH+]=C3C(NCCc4ccccn4)=C(F)C=C(C1=O)C32. The fraction of sp³-hybridized carbons (Fsp3) is 0.111. The maximum absolute atomic E-state index is 15.4. The number of aromatic nitrogens is 1. The molecule has 0 spiro atoms. The third-order valence-electron chi connectivity index (χ3n) is 6.46. The van der Waals surface area contributed by atoms with Crippen molar-refractivity contribution in [3.05, 3.63) is 101 Å². The number of carboxylic acids is 1. The van der Waals surface area contributed by atoms with Gasteiger partial charge in [0, 0.05) is 42.7 Å². The van der Waals surface area contributed by atoms with Crippen LogP contribution in [-0.4, -0.2) is 40.1 Å². The number of hydrogen-bond acceptors (Lipinski definition) is 5. The molecule has 8 heteroatoms. The molecule has 0 fully saturated rings. The molecule has 35 heavy (non-hydrogen) atoms. The van der Waals surface area contributed by atoms with Crippen LogP contribution < -0.4 is 15.2 Å². The summed E-state index contributed by atoms with van der Waals surface area (Å²) in [5, 5.41) is 14.8. The highest BCUT2D eigenvalue weighted by atomic mass is 19.1. The molecular formula is C27H20FN4O3+. The van der Waals surface area contributed by atoms with Crippen molar-refractivity contribution >= 4 is 39.6 Å². The summed E-state index contributed by atoms with van der Waals surface area (Å²) in [4.78, 5) is 34.3. The summed E-state index contributed by atoms with van der Waals surface area (Å²) in [5.74, 6) is -2.66. The molecule has 3 N–H and O–H groups in total. The van der Waals surface area contributed by atoms with E-state index in [4.69, 9.17) is 0 Å². The van der Waals surface area contributed by atoms with Crippen LogP contribution in [0.3, 0.4) is 0 Å². The van der Waals surface area contributed by atoms with E-state index in [1.54, 1.807) is 11.1 Å². The normalized spacial score (nSPS) is 18.4. The molecule has 2 aromatic carbocycles. The molecule has 172 valence electrons. The number of anilines is 1. The first-order chi connectivity index (χ1) is 17.0. The number of hydrogen-bond donors (Lipinski definition) is 3. The van der Waals surface area contributed by atoms with Crippen LogP contribution >= 0.6 is 0 Å². The number of aliphatic carboxylic acids is 1. The van der Waals surface area contributed by atoms with E-state index >= 15 is 4.39 Å². The van der Waals surface area contributed by atoms with E-state index in [-0.39, 0.29) is 11.3 Å². The van der Waals surface area contributed by atoms with Gasteiger partial charge in [0.1, 0.15) is 23.0 Å². The topological polar surface area (TPSA) is 96.5 Å². The van der Waals surface area contributed by atoms with Crippen molar-refractivity contribution in [2.75, 3.05) is 11.4 Å². The lowest BCUT2D eigenvalue weighted by atomic mass is 9.83. The zero-order valence-electron chi connectivity index (χ0n) is 18.5. The van der Waals surface area contributed by atoms with Crippen LogP contribution in [0, 0.1) is 0 Å². The average molecular weight is 467 g/mol. The molecule has 3 aliphatic rings. The van der Waals surface area contributed by atoms with Crippen LogP contribution in [0.25, 0.3) is 10.8 Å². The summed E-state index contributed by atoms with van der Waals surface area (Å²) >= 11 is 0. The average Bonchev–Trinajstić information content (AvgIpc) is 2.86. The van der Waals surface area contributed by atoms with E-state index in [1.807, 2.05) is 54.6 Å². The Balaban J connectivity index is 1.48. The Labute approximate surface area is 199 Å². The van der Waals surface area contributed by atoms with Gasteiger partial charge in [-0.1, -0.05) is 30.3 Å². The van der Waals surface area contributed by atoms with E-state index in [0.717, 1.165) is 22.5 Å². The molecule has 3 aromatic rings. The number of Topliss-reactive ketones (excluding diaryl/α,β-unsaturated/α-hetero) is 1. The number of allylic oxidation sites excluding steroid dienone is 2. The second-order valence-electron chi connectivity index (χ2n) is 8.56. The first kappa shape index (κ1) is 21.0. The highest BCUT2D eigenvalue weighted by molar-refractivity contribution is 6.29. The van der Waals surface area contributed by atoms with E-state index in [9.17, 15) is 14.7 Å². The summed E-state index contributed by atoms with van der Waals surface area (Å²) in [5.41, 5.74) is 2.69. The molecule has 0 saturated heterocycles. The third-order valence-corrected chi connectivity index (χ3v) is 6.46. The maximum atomic E-state index is 15.4. The Morgan fingerprint density at radius 2 is 1.91 bits per heavy atom. The lowest BCUT2D eigenvalue weighted by molar-refractivity contribution is -0.356. The van der Waals surface area contributed by atoms with Crippen molar-refractivity contribution in [3.63, 3.8) is 0 Å². The standard InChI is InChI=1S/C27H19FN4O3/c28-20-13-18-25-24(23(20)30-10-8-17-7-3-4-9-29-17)31-21-11-15-5-1-2-6-16(15)12-22(21)32(25)14-19(26(18)33)27(34)35/h1-7,9,11-14,25,30H,8,10H2,(H,34,35)/p+1. The Bertz CT molecular complexity index is 1540. The summed E-state index contributed by atoms with van der Waals surface area (Å²) in [6.07, 6.45) is 4.80. The first-order valence-electron chi connectivity index (χ1n) is 11.2. The fourth-order valence-corrected chi connectivity index (χ4v) is 4.84. The zero-order valence-corrected chi connectivity index (χ0v) is 18.5.